The molecule has 0 amide bonds. The van der Waals surface area contributed by atoms with Crippen LogP contribution in [-0.4, -0.2) is 38.1 Å². The van der Waals surface area contributed by atoms with Gasteiger partial charge < -0.3 is 14.4 Å². The predicted octanol–water partition coefficient (Wildman–Crippen LogP) is 3.29. The van der Waals surface area contributed by atoms with Gasteiger partial charge in [-0.25, -0.2) is 0 Å². The standard InChI is InChI=1S/C19H23NO3/c1-4-8-19(12-20(2)3)9-7-15(18(19)21)10-14-5-6-16-17(11-14)23-13-22-16/h4-6,10-11H,1,7-9,12-13H2,2-3H3. The maximum atomic E-state index is 13.0. The fraction of sp³-hybridized carbons (Fsp3) is 0.421. The van der Waals surface area contributed by atoms with Crippen LogP contribution in [0.3, 0.4) is 0 Å². The van der Waals surface area contributed by atoms with Crippen molar-refractivity contribution in [2.75, 3.05) is 27.4 Å². The van der Waals surface area contributed by atoms with E-state index < -0.39 is 0 Å². The van der Waals surface area contributed by atoms with Crippen molar-refractivity contribution in [3.8, 4) is 11.5 Å². The van der Waals surface area contributed by atoms with Crippen molar-refractivity contribution in [2.45, 2.75) is 19.3 Å². The predicted molar refractivity (Wildman–Crippen MR) is 90.6 cm³/mol. The lowest BCUT2D eigenvalue weighted by Crippen LogP contribution is -2.37. The minimum atomic E-state index is -0.326. The van der Waals surface area contributed by atoms with Crippen LogP contribution < -0.4 is 9.47 Å². The van der Waals surface area contributed by atoms with Crippen molar-refractivity contribution >= 4 is 11.9 Å². The molecule has 1 aliphatic heterocycles. The van der Waals surface area contributed by atoms with Gasteiger partial charge in [0.05, 0.1) is 0 Å². The summed E-state index contributed by atoms with van der Waals surface area (Å²) in [5.74, 6) is 1.76. The van der Waals surface area contributed by atoms with Gasteiger partial charge in [0.25, 0.3) is 0 Å². The topological polar surface area (TPSA) is 38.8 Å². The van der Waals surface area contributed by atoms with E-state index in [2.05, 4.69) is 11.5 Å². The Morgan fingerprint density at radius 2 is 2.09 bits per heavy atom. The Hall–Kier alpha value is -2.07. The summed E-state index contributed by atoms with van der Waals surface area (Å²) in [6, 6.07) is 5.79. The summed E-state index contributed by atoms with van der Waals surface area (Å²) in [7, 11) is 4.02. The summed E-state index contributed by atoms with van der Waals surface area (Å²) in [5.41, 5.74) is 1.55. The van der Waals surface area contributed by atoms with Crippen LogP contribution in [-0.2, 0) is 4.79 Å². The average molecular weight is 313 g/mol. The fourth-order valence-electron chi connectivity index (χ4n) is 3.58. The van der Waals surface area contributed by atoms with E-state index in [1.54, 1.807) is 0 Å². The Labute approximate surface area is 137 Å². The first-order chi connectivity index (χ1) is 11.0. The first kappa shape index (κ1) is 15.8. The largest absolute Gasteiger partial charge is 0.454 e. The average Bonchev–Trinajstić information content (AvgIpc) is 3.07. The SMILES string of the molecule is C=CCC1(CN(C)C)CCC(=Cc2ccc3c(c2)OCO3)C1=O. The Balaban J connectivity index is 1.86. The monoisotopic (exact) mass is 313 g/mol. The number of ether oxygens (including phenoxy) is 2. The van der Waals surface area contributed by atoms with Crippen LogP contribution in [0.4, 0.5) is 0 Å². The molecule has 3 rings (SSSR count). The number of ketones is 1. The molecular weight excluding hydrogens is 290 g/mol. The summed E-state index contributed by atoms with van der Waals surface area (Å²) in [6.45, 7) is 4.86. The van der Waals surface area contributed by atoms with Crippen LogP contribution in [0.5, 0.6) is 11.5 Å². The Bertz CT molecular complexity index is 663. The smallest absolute Gasteiger partial charge is 0.231 e. The molecule has 0 N–H and O–H groups in total. The molecule has 4 heteroatoms. The highest BCUT2D eigenvalue weighted by Gasteiger charge is 2.44. The zero-order chi connectivity index (χ0) is 16.4. The molecule has 0 radical (unpaired) electrons. The van der Waals surface area contributed by atoms with Crippen molar-refractivity contribution in [3.05, 3.63) is 42.0 Å². The number of hydrogen-bond donors (Lipinski definition) is 0. The summed E-state index contributed by atoms with van der Waals surface area (Å²) in [6.07, 6.45) is 6.28. The molecule has 1 heterocycles. The molecule has 1 saturated carbocycles. The number of carbonyl (C=O) groups is 1. The maximum absolute atomic E-state index is 13.0. The molecular formula is C19H23NO3. The highest BCUT2D eigenvalue weighted by molar-refractivity contribution is 6.05. The minimum Gasteiger partial charge on any atom is -0.454 e. The molecule has 0 bridgehead atoms. The second kappa shape index (κ2) is 6.20. The van der Waals surface area contributed by atoms with Gasteiger partial charge in [-0.3, -0.25) is 4.79 Å². The number of nitrogens with zero attached hydrogens (tertiary/aromatic N) is 1. The molecule has 1 aromatic rings. The van der Waals surface area contributed by atoms with E-state index in [0.717, 1.165) is 48.4 Å². The number of carbonyl (C=O) groups excluding carboxylic acids is 1. The van der Waals surface area contributed by atoms with Crippen LogP contribution in [0.1, 0.15) is 24.8 Å². The summed E-state index contributed by atoms with van der Waals surface area (Å²) in [4.78, 5) is 15.1. The van der Waals surface area contributed by atoms with Crippen molar-refractivity contribution in [1.82, 2.24) is 4.90 Å². The third kappa shape index (κ3) is 3.04. The lowest BCUT2D eigenvalue weighted by molar-refractivity contribution is -0.123. The Morgan fingerprint density at radius 3 is 2.83 bits per heavy atom. The normalized spacial score (nSPS) is 24.7. The van der Waals surface area contributed by atoms with E-state index in [-0.39, 0.29) is 18.0 Å². The van der Waals surface area contributed by atoms with Crippen molar-refractivity contribution < 1.29 is 14.3 Å². The van der Waals surface area contributed by atoms with Gasteiger partial charge in [-0.1, -0.05) is 12.1 Å². The van der Waals surface area contributed by atoms with Gasteiger partial charge in [0.15, 0.2) is 17.3 Å². The zero-order valence-corrected chi connectivity index (χ0v) is 13.8. The third-order valence-electron chi connectivity index (χ3n) is 4.54. The van der Waals surface area contributed by atoms with Crippen molar-refractivity contribution in [1.29, 1.82) is 0 Å². The molecule has 23 heavy (non-hydrogen) atoms. The van der Waals surface area contributed by atoms with Gasteiger partial charge in [0.2, 0.25) is 6.79 Å². The minimum absolute atomic E-state index is 0.253. The van der Waals surface area contributed by atoms with Crippen LogP contribution in [0, 0.1) is 5.41 Å². The molecule has 1 aromatic carbocycles. The molecule has 0 spiro atoms. The zero-order valence-electron chi connectivity index (χ0n) is 13.8. The van der Waals surface area contributed by atoms with E-state index in [1.165, 1.54) is 0 Å². The number of benzene rings is 1. The second-order valence-corrected chi connectivity index (χ2v) is 6.62. The second-order valence-electron chi connectivity index (χ2n) is 6.62. The quantitative estimate of drug-likeness (QED) is 0.618. The van der Waals surface area contributed by atoms with E-state index in [4.69, 9.17) is 9.47 Å². The van der Waals surface area contributed by atoms with E-state index in [0.29, 0.717) is 0 Å². The maximum Gasteiger partial charge on any atom is 0.231 e. The first-order valence-electron chi connectivity index (χ1n) is 7.95. The number of hydrogen-bond acceptors (Lipinski definition) is 4. The highest BCUT2D eigenvalue weighted by atomic mass is 16.7. The molecule has 122 valence electrons. The Morgan fingerprint density at radius 1 is 1.30 bits per heavy atom. The molecule has 0 aromatic heterocycles. The van der Waals surface area contributed by atoms with Crippen molar-refractivity contribution in [3.63, 3.8) is 0 Å². The summed E-state index contributed by atoms with van der Waals surface area (Å²) in [5, 5.41) is 0. The van der Waals surface area contributed by atoms with Crippen LogP contribution in [0.15, 0.2) is 36.4 Å². The van der Waals surface area contributed by atoms with Gasteiger partial charge in [-0.05, 0) is 62.7 Å². The molecule has 1 unspecified atom stereocenters. The third-order valence-corrected chi connectivity index (χ3v) is 4.54. The lowest BCUT2D eigenvalue weighted by atomic mass is 9.81. The van der Waals surface area contributed by atoms with Gasteiger partial charge in [-0.15, -0.1) is 6.58 Å². The van der Waals surface area contributed by atoms with E-state index >= 15 is 0 Å². The fourth-order valence-corrected chi connectivity index (χ4v) is 3.58. The Kier molecular flexibility index (Phi) is 4.26. The van der Waals surface area contributed by atoms with Crippen LogP contribution >= 0.6 is 0 Å². The molecule has 1 fully saturated rings. The van der Waals surface area contributed by atoms with E-state index in [9.17, 15) is 4.79 Å². The summed E-state index contributed by atoms with van der Waals surface area (Å²) < 4.78 is 10.7. The van der Waals surface area contributed by atoms with Gasteiger partial charge in [0, 0.05) is 12.0 Å². The highest BCUT2D eigenvalue weighted by Crippen LogP contribution is 2.43. The molecule has 1 atom stereocenters. The molecule has 0 saturated heterocycles. The van der Waals surface area contributed by atoms with Crippen LogP contribution in [0.2, 0.25) is 0 Å². The lowest BCUT2D eigenvalue weighted by Gasteiger charge is -2.29. The van der Waals surface area contributed by atoms with E-state index in [1.807, 2.05) is 44.4 Å². The summed E-state index contributed by atoms with van der Waals surface area (Å²) >= 11 is 0. The number of rotatable bonds is 5. The van der Waals surface area contributed by atoms with Gasteiger partial charge >= 0.3 is 0 Å². The first-order valence-corrected chi connectivity index (χ1v) is 7.95. The number of Topliss-reactive ketones (excluding diaryl/α,β-unsaturated/α-hetero) is 1. The molecule has 2 aliphatic rings. The van der Waals surface area contributed by atoms with Gasteiger partial charge in [-0.2, -0.15) is 0 Å². The van der Waals surface area contributed by atoms with Gasteiger partial charge in [0.1, 0.15) is 0 Å². The van der Waals surface area contributed by atoms with Crippen molar-refractivity contribution in [2.24, 2.45) is 5.41 Å². The number of fused-ring (bicyclic) bond motifs is 1. The van der Waals surface area contributed by atoms with Crippen LogP contribution in [0.25, 0.3) is 6.08 Å². The molecule has 4 nitrogen and oxygen atoms in total. The number of allylic oxidation sites excluding steroid dienone is 2. The molecule has 1 aliphatic carbocycles.